The van der Waals surface area contributed by atoms with Gasteiger partial charge in [-0.15, -0.1) is 0 Å². The van der Waals surface area contributed by atoms with E-state index in [9.17, 15) is 14.4 Å². The van der Waals surface area contributed by atoms with E-state index in [4.69, 9.17) is 29.4 Å². The molecule has 0 spiro atoms. The highest BCUT2D eigenvalue weighted by Gasteiger charge is 2.29. The van der Waals surface area contributed by atoms with E-state index in [1.165, 1.54) is 19.2 Å². The zero-order valence-electron chi connectivity index (χ0n) is 25.7. The van der Waals surface area contributed by atoms with Crippen molar-refractivity contribution in [3.8, 4) is 23.0 Å². The largest absolute Gasteiger partial charge is 0.488 e. The van der Waals surface area contributed by atoms with Crippen LogP contribution in [-0.4, -0.2) is 31.4 Å². The van der Waals surface area contributed by atoms with Crippen LogP contribution < -0.4 is 24.7 Å². The molecule has 0 radical (unpaired) electrons. The van der Waals surface area contributed by atoms with E-state index in [1.807, 2.05) is 91.0 Å². The molecule has 9 nitrogen and oxygen atoms in total. The van der Waals surface area contributed by atoms with Gasteiger partial charge in [0.05, 0.1) is 12.7 Å². The third-order valence-corrected chi connectivity index (χ3v) is 7.01. The molecule has 0 bridgehead atoms. The smallest absolute Gasteiger partial charge is 0.338 e. The SMILES string of the molecule is COC(=O)c1cc(OCc2ccccc2)c(C(=O)c2c(OCC(N)=O)cccc2OCc2ccccc2)c(OCc2ccccc2)c1. The number of esters is 1. The van der Waals surface area contributed by atoms with Gasteiger partial charge in [-0.3, -0.25) is 9.59 Å². The van der Waals surface area contributed by atoms with Gasteiger partial charge in [0, 0.05) is 0 Å². The van der Waals surface area contributed by atoms with Crippen LogP contribution in [0.25, 0.3) is 0 Å². The first-order valence-electron chi connectivity index (χ1n) is 14.8. The number of methoxy groups -OCH3 is 1. The summed E-state index contributed by atoms with van der Waals surface area (Å²) in [7, 11) is 1.26. The van der Waals surface area contributed by atoms with Gasteiger partial charge in [-0.25, -0.2) is 4.79 Å². The molecule has 0 fully saturated rings. The van der Waals surface area contributed by atoms with Gasteiger partial charge in [0.15, 0.2) is 6.61 Å². The Balaban J connectivity index is 1.64. The predicted octanol–water partition coefficient (Wildman–Crippen LogP) is 6.31. The number of hydrogen-bond acceptors (Lipinski definition) is 8. The lowest BCUT2D eigenvalue weighted by Crippen LogP contribution is -2.21. The number of ketones is 1. The minimum Gasteiger partial charge on any atom is -0.488 e. The summed E-state index contributed by atoms with van der Waals surface area (Å²) in [5.74, 6) is -1.54. The second-order valence-electron chi connectivity index (χ2n) is 10.4. The molecular weight excluding hydrogens is 598 g/mol. The van der Waals surface area contributed by atoms with Crippen LogP contribution in [0.3, 0.4) is 0 Å². The zero-order valence-corrected chi connectivity index (χ0v) is 25.7. The van der Waals surface area contributed by atoms with Gasteiger partial charge < -0.3 is 29.4 Å². The molecule has 5 aromatic carbocycles. The predicted molar refractivity (Wildman–Crippen MR) is 175 cm³/mol. The van der Waals surface area contributed by atoms with Crippen LogP contribution in [0, 0.1) is 0 Å². The standard InChI is InChI=1S/C38H33NO8/c1-43-38(42)29-20-32(45-23-27-14-7-3-8-15-27)36(33(21-29)46-24-28-16-9-4-10-17-28)37(41)35-30(44-22-26-12-5-2-6-13-26)18-11-19-31(35)47-25-34(39)40/h2-21H,22-25H2,1H3,(H2,39,40). The van der Waals surface area contributed by atoms with E-state index >= 15 is 0 Å². The Hall–Kier alpha value is -6.09. The molecule has 0 aliphatic rings. The number of carbonyl (C=O) groups excluding carboxylic acids is 3. The molecule has 47 heavy (non-hydrogen) atoms. The Morgan fingerprint density at radius 2 is 0.936 bits per heavy atom. The average molecular weight is 632 g/mol. The molecule has 9 heteroatoms. The van der Waals surface area contributed by atoms with E-state index in [0.29, 0.717) is 0 Å². The van der Waals surface area contributed by atoms with Gasteiger partial charge in [-0.05, 0) is 41.0 Å². The summed E-state index contributed by atoms with van der Waals surface area (Å²) in [6.07, 6.45) is 0. The Morgan fingerprint density at radius 3 is 1.36 bits per heavy atom. The fourth-order valence-electron chi connectivity index (χ4n) is 4.73. The molecule has 0 aliphatic carbocycles. The number of ether oxygens (including phenoxy) is 5. The van der Waals surface area contributed by atoms with Crippen molar-refractivity contribution < 1.29 is 38.1 Å². The molecular formula is C38H33NO8. The van der Waals surface area contributed by atoms with Gasteiger partial charge in [-0.1, -0.05) is 97.1 Å². The van der Waals surface area contributed by atoms with Crippen molar-refractivity contribution in [3.63, 3.8) is 0 Å². The molecule has 0 saturated heterocycles. The van der Waals surface area contributed by atoms with Crippen molar-refractivity contribution in [3.05, 3.63) is 155 Å². The Morgan fingerprint density at radius 1 is 0.532 bits per heavy atom. The van der Waals surface area contributed by atoms with Crippen molar-refractivity contribution in [1.82, 2.24) is 0 Å². The fourth-order valence-corrected chi connectivity index (χ4v) is 4.73. The first-order chi connectivity index (χ1) is 22.9. The summed E-state index contributed by atoms with van der Waals surface area (Å²) in [4.78, 5) is 39.3. The maximum absolute atomic E-state index is 14.8. The average Bonchev–Trinajstić information content (AvgIpc) is 3.11. The molecule has 2 N–H and O–H groups in total. The summed E-state index contributed by atoms with van der Waals surface area (Å²) in [6, 6.07) is 35.9. The van der Waals surface area contributed by atoms with Crippen molar-refractivity contribution >= 4 is 17.7 Å². The topological polar surface area (TPSA) is 123 Å². The Labute approximate surface area is 272 Å². The van der Waals surface area contributed by atoms with Gasteiger partial charge in [0.25, 0.3) is 5.91 Å². The van der Waals surface area contributed by atoms with Crippen LogP contribution in [0.2, 0.25) is 0 Å². The summed E-state index contributed by atoms with van der Waals surface area (Å²) < 4.78 is 29.4. The maximum Gasteiger partial charge on any atom is 0.338 e. The third-order valence-electron chi connectivity index (χ3n) is 7.01. The van der Waals surface area contributed by atoms with Crippen molar-refractivity contribution in [2.45, 2.75) is 19.8 Å². The second kappa shape index (κ2) is 15.8. The zero-order chi connectivity index (χ0) is 33.0. The van der Waals surface area contributed by atoms with Crippen LogP contribution in [0.4, 0.5) is 0 Å². The molecule has 0 unspecified atom stereocenters. The first kappa shape index (κ1) is 32.3. The molecule has 238 valence electrons. The van der Waals surface area contributed by atoms with Crippen molar-refractivity contribution in [2.75, 3.05) is 13.7 Å². The molecule has 0 atom stereocenters. The lowest BCUT2D eigenvalue weighted by molar-refractivity contribution is -0.119. The number of carbonyl (C=O) groups is 3. The lowest BCUT2D eigenvalue weighted by atomic mass is 9.97. The highest BCUT2D eigenvalue weighted by atomic mass is 16.5. The summed E-state index contributed by atoms with van der Waals surface area (Å²) >= 11 is 0. The first-order valence-corrected chi connectivity index (χ1v) is 14.8. The quantitative estimate of drug-likeness (QED) is 0.105. The van der Waals surface area contributed by atoms with Gasteiger partial charge >= 0.3 is 5.97 Å². The van der Waals surface area contributed by atoms with E-state index in [-0.39, 0.29) is 59.5 Å². The van der Waals surface area contributed by atoms with Crippen LogP contribution >= 0.6 is 0 Å². The number of primary amides is 1. The van der Waals surface area contributed by atoms with E-state index in [2.05, 4.69) is 0 Å². The third kappa shape index (κ3) is 8.55. The fraction of sp³-hybridized carbons (Fsp3) is 0.132. The molecule has 5 aromatic rings. The van der Waals surface area contributed by atoms with E-state index in [1.54, 1.807) is 18.2 Å². The van der Waals surface area contributed by atoms with Crippen molar-refractivity contribution in [2.24, 2.45) is 5.73 Å². The van der Waals surface area contributed by atoms with Gasteiger partial charge in [0.2, 0.25) is 5.78 Å². The minimum atomic E-state index is -0.722. The highest BCUT2D eigenvalue weighted by molar-refractivity contribution is 6.16. The maximum atomic E-state index is 14.8. The molecule has 0 heterocycles. The van der Waals surface area contributed by atoms with Crippen LogP contribution in [0.5, 0.6) is 23.0 Å². The molecule has 0 aromatic heterocycles. The lowest BCUT2D eigenvalue weighted by Gasteiger charge is -2.20. The normalized spacial score (nSPS) is 10.5. The van der Waals surface area contributed by atoms with Crippen molar-refractivity contribution in [1.29, 1.82) is 0 Å². The summed E-state index contributed by atoms with van der Waals surface area (Å²) in [6.45, 7) is -0.156. The number of hydrogen-bond donors (Lipinski definition) is 1. The number of rotatable bonds is 15. The highest BCUT2D eigenvalue weighted by Crippen LogP contribution is 2.39. The molecule has 0 saturated carbocycles. The van der Waals surface area contributed by atoms with E-state index < -0.39 is 24.3 Å². The van der Waals surface area contributed by atoms with Gasteiger partial charge in [0.1, 0.15) is 53.9 Å². The number of amides is 1. The van der Waals surface area contributed by atoms with Crippen LogP contribution in [0.1, 0.15) is 43.0 Å². The Kier molecular flexibility index (Phi) is 10.8. The van der Waals surface area contributed by atoms with E-state index in [0.717, 1.165) is 16.7 Å². The van der Waals surface area contributed by atoms with Crippen LogP contribution in [-0.2, 0) is 29.4 Å². The Bertz CT molecular complexity index is 1760. The summed E-state index contributed by atoms with van der Waals surface area (Å²) in [5.41, 5.74) is 8.07. The van der Waals surface area contributed by atoms with Crippen LogP contribution in [0.15, 0.2) is 121 Å². The molecule has 1 amide bonds. The monoisotopic (exact) mass is 631 g/mol. The second-order valence-corrected chi connectivity index (χ2v) is 10.4. The molecule has 0 aliphatic heterocycles. The number of benzene rings is 5. The number of nitrogens with two attached hydrogens (primary N) is 1. The summed E-state index contributed by atoms with van der Waals surface area (Å²) in [5, 5.41) is 0. The minimum absolute atomic E-state index is 0.0178. The van der Waals surface area contributed by atoms with Gasteiger partial charge in [-0.2, -0.15) is 0 Å². The molecule has 5 rings (SSSR count).